The molecule has 5 nitrogen and oxygen atoms in total. The number of aromatic nitrogens is 1. The van der Waals surface area contributed by atoms with Gasteiger partial charge in [-0.3, -0.25) is 10.1 Å². The molecule has 2 N–H and O–H groups in total. The second-order valence-corrected chi connectivity index (χ2v) is 5.74. The first-order chi connectivity index (χ1) is 9.20. The Kier molecular flexibility index (Phi) is 5.30. The summed E-state index contributed by atoms with van der Waals surface area (Å²) in [5.74, 6) is 0.446. The van der Waals surface area contributed by atoms with Gasteiger partial charge in [-0.15, -0.1) is 11.3 Å². The number of thiazole rings is 1. The lowest BCUT2D eigenvalue weighted by molar-refractivity contribution is -0.126. The summed E-state index contributed by atoms with van der Waals surface area (Å²) < 4.78 is 5.26. The van der Waals surface area contributed by atoms with E-state index in [1.807, 2.05) is 13.1 Å². The fourth-order valence-corrected chi connectivity index (χ4v) is 3.16. The van der Waals surface area contributed by atoms with Gasteiger partial charge in [0.05, 0.1) is 0 Å². The molecular formula is C13H21N3O2S. The van der Waals surface area contributed by atoms with Crippen molar-refractivity contribution in [2.75, 3.05) is 25.0 Å². The number of amides is 1. The molecule has 1 aromatic rings. The van der Waals surface area contributed by atoms with Crippen LogP contribution in [0.3, 0.4) is 0 Å². The van der Waals surface area contributed by atoms with Crippen LogP contribution in [-0.4, -0.2) is 36.7 Å². The standard InChI is InChI=1S/C13H21N3O2S/c1-3-18-9(2)12(17)16-13-15-8-11(19-13)10-4-6-14-7-5-10/h8-10,14H,3-7H2,1-2H3,(H,15,16,17). The number of carbonyl (C=O) groups excluding carboxylic acids is 1. The normalized spacial score (nSPS) is 18.2. The molecule has 2 rings (SSSR count). The van der Waals surface area contributed by atoms with Crippen molar-refractivity contribution >= 4 is 22.4 Å². The van der Waals surface area contributed by atoms with Crippen molar-refractivity contribution < 1.29 is 9.53 Å². The lowest BCUT2D eigenvalue weighted by Crippen LogP contribution is -2.27. The van der Waals surface area contributed by atoms with Crippen molar-refractivity contribution in [3.63, 3.8) is 0 Å². The topological polar surface area (TPSA) is 63.2 Å². The highest BCUT2D eigenvalue weighted by Crippen LogP contribution is 2.31. The molecule has 0 bridgehead atoms. The third-order valence-electron chi connectivity index (χ3n) is 3.28. The van der Waals surface area contributed by atoms with E-state index in [9.17, 15) is 4.79 Å². The van der Waals surface area contributed by atoms with Gasteiger partial charge in [0.2, 0.25) is 0 Å². The maximum atomic E-state index is 11.8. The van der Waals surface area contributed by atoms with Crippen LogP contribution in [-0.2, 0) is 9.53 Å². The van der Waals surface area contributed by atoms with E-state index >= 15 is 0 Å². The largest absolute Gasteiger partial charge is 0.369 e. The number of carbonyl (C=O) groups is 1. The van der Waals surface area contributed by atoms with E-state index in [1.54, 1.807) is 18.3 Å². The summed E-state index contributed by atoms with van der Waals surface area (Å²) in [5, 5.41) is 6.84. The molecular weight excluding hydrogens is 262 g/mol. The number of anilines is 1. The molecule has 106 valence electrons. The highest BCUT2D eigenvalue weighted by molar-refractivity contribution is 7.15. The highest BCUT2D eigenvalue weighted by Gasteiger charge is 2.19. The van der Waals surface area contributed by atoms with E-state index in [-0.39, 0.29) is 5.91 Å². The molecule has 1 atom stereocenters. The van der Waals surface area contributed by atoms with Crippen molar-refractivity contribution in [1.82, 2.24) is 10.3 Å². The molecule has 1 saturated heterocycles. The van der Waals surface area contributed by atoms with Crippen LogP contribution in [0.25, 0.3) is 0 Å². The van der Waals surface area contributed by atoms with Gasteiger partial charge in [-0.1, -0.05) is 0 Å². The van der Waals surface area contributed by atoms with Gasteiger partial charge in [-0.2, -0.15) is 0 Å². The zero-order valence-electron chi connectivity index (χ0n) is 11.4. The van der Waals surface area contributed by atoms with Gasteiger partial charge in [0, 0.05) is 17.7 Å². The Labute approximate surface area is 117 Å². The Bertz CT molecular complexity index is 416. The molecule has 6 heteroatoms. The smallest absolute Gasteiger partial charge is 0.254 e. The van der Waals surface area contributed by atoms with E-state index < -0.39 is 6.10 Å². The number of nitrogens with one attached hydrogen (secondary N) is 2. The number of hydrogen-bond donors (Lipinski definition) is 2. The van der Waals surface area contributed by atoms with Crippen LogP contribution in [0, 0.1) is 0 Å². The Morgan fingerprint density at radius 1 is 1.63 bits per heavy atom. The van der Waals surface area contributed by atoms with E-state index in [0.29, 0.717) is 17.7 Å². The van der Waals surface area contributed by atoms with E-state index in [2.05, 4.69) is 15.6 Å². The molecule has 1 amide bonds. The number of nitrogens with zero attached hydrogens (tertiary/aromatic N) is 1. The van der Waals surface area contributed by atoms with Gasteiger partial charge in [0.1, 0.15) is 6.10 Å². The average molecular weight is 283 g/mol. The van der Waals surface area contributed by atoms with Gasteiger partial charge in [0.25, 0.3) is 5.91 Å². The highest BCUT2D eigenvalue weighted by atomic mass is 32.1. The van der Waals surface area contributed by atoms with Crippen LogP contribution in [0.4, 0.5) is 5.13 Å². The summed E-state index contributed by atoms with van der Waals surface area (Å²) in [5.41, 5.74) is 0. The molecule has 1 aliphatic rings. The zero-order valence-corrected chi connectivity index (χ0v) is 12.3. The second-order valence-electron chi connectivity index (χ2n) is 4.68. The first-order valence-electron chi connectivity index (χ1n) is 6.79. The number of piperidine rings is 1. The molecule has 0 aliphatic carbocycles. The predicted molar refractivity (Wildman–Crippen MR) is 76.7 cm³/mol. The Hall–Kier alpha value is -0.980. The molecule has 0 aromatic carbocycles. The molecule has 2 heterocycles. The van der Waals surface area contributed by atoms with E-state index in [1.165, 1.54) is 4.88 Å². The van der Waals surface area contributed by atoms with Crippen molar-refractivity contribution in [2.24, 2.45) is 0 Å². The van der Waals surface area contributed by atoms with Crippen LogP contribution in [0.2, 0.25) is 0 Å². The van der Waals surface area contributed by atoms with E-state index in [0.717, 1.165) is 25.9 Å². The first kappa shape index (κ1) is 14.4. The van der Waals surface area contributed by atoms with Gasteiger partial charge < -0.3 is 10.1 Å². The lowest BCUT2D eigenvalue weighted by Gasteiger charge is -2.20. The number of rotatable bonds is 5. The molecule has 1 fully saturated rings. The zero-order chi connectivity index (χ0) is 13.7. The van der Waals surface area contributed by atoms with Gasteiger partial charge in [0.15, 0.2) is 5.13 Å². The minimum Gasteiger partial charge on any atom is -0.369 e. The average Bonchev–Trinajstić information content (AvgIpc) is 2.88. The van der Waals surface area contributed by atoms with Crippen molar-refractivity contribution in [1.29, 1.82) is 0 Å². The van der Waals surface area contributed by atoms with E-state index in [4.69, 9.17) is 4.74 Å². The van der Waals surface area contributed by atoms with Crippen molar-refractivity contribution in [3.05, 3.63) is 11.1 Å². The monoisotopic (exact) mass is 283 g/mol. The summed E-state index contributed by atoms with van der Waals surface area (Å²) in [7, 11) is 0. The molecule has 19 heavy (non-hydrogen) atoms. The SMILES string of the molecule is CCOC(C)C(=O)Nc1ncc(C2CCNCC2)s1. The molecule has 0 spiro atoms. The van der Waals surface area contributed by atoms with Gasteiger partial charge >= 0.3 is 0 Å². The van der Waals surface area contributed by atoms with Crippen LogP contribution >= 0.6 is 11.3 Å². The van der Waals surface area contributed by atoms with Gasteiger partial charge in [-0.05, 0) is 45.7 Å². The summed E-state index contributed by atoms with van der Waals surface area (Å²) in [4.78, 5) is 17.4. The van der Waals surface area contributed by atoms with Crippen LogP contribution in [0.15, 0.2) is 6.20 Å². The van der Waals surface area contributed by atoms with Crippen LogP contribution in [0.1, 0.15) is 37.5 Å². The Balaban J connectivity index is 1.91. The maximum absolute atomic E-state index is 11.8. The minimum atomic E-state index is -0.434. The number of ether oxygens (including phenoxy) is 1. The van der Waals surface area contributed by atoms with Crippen LogP contribution < -0.4 is 10.6 Å². The quantitative estimate of drug-likeness (QED) is 0.867. The van der Waals surface area contributed by atoms with Crippen LogP contribution in [0.5, 0.6) is 0 Å². The first-order valence-corrected chi connectivity index (χ1v) is 7.61. The van der Waals surface area contributed by atoms with Gasteiger partial charge in [-0.25, -0.2) is 4.98 Å². The third-order valence-corrected chi connectivity index (χ3v) is 4.36. The Morgan fingerprint density at radius 2 is 2.37 bits per heavy atom. The third kappa shape index (κ3) is 3.99. The molecule has 0 saturated carbocycles. The maximum Gasteiger partial charge on any atom is 0.254 e. The molecule has 1 unspecified atom stereocenters. The molecule has 1 aliphatic heterocycles. The van der Waals surface area contributed by atoms with Crippen molar-refractivity contribution in [2.45, 2.75) is 38.7 Å². The fourth-order valence-electron chi connectivity index (χ4n) is 2.17. The molecule has 1 aromatic heterocycles. The minimum absolute atomic E-state index is 0.131. The van der Waals surface area contributed by atoms with Crippen molar-refractivity contribution in [3.8, 4) is 0 Å². The fraction of sp³-hybridized carbons (Fsp3) is 0.692. The number of hydrogen-bond acceptors (Lipinski definition) is 5. The summed E-state index contributed by atoms with van der Waals surface area (Å²) in [6, 6.07) is 0. The molecule has 0 radical (unpaired) electrons. The predicted octanol–water partition coefficient (Wildman–Crippen LogP) is 1.97. The Morgan fingerprint density at radius 3 is 3.05 bits per heavy atom. The lowest BCUT2D eigenvalue weighted by atomic mass is 9.97. The summed E-state index contributed by atoms with van der Waals surface area (Å²) in [6.45, 7) is 6.28. The summed E-state index contributed by atoms with van der Waals surface area (Å²) in [6.07, 6.45) is 3.74. The second kappa shape index (κ2) is 6.98. The summed E-state index contributed by atoms with van der Waals surface area (Å²) >= 11 is 1.58.